The van der Waals surface area contributed by atoms with Gasteiger partial charge in [-0.15, -0.1) is 0 Å². The quantitative estimate of drug-likeness (QED) is 0.638. The van der Waals surface area contributed by atoms with Gasteiger partial charge in [0.25, 0.3) is 0 Å². The minimum Gasteiger partial charge on any atom is -0.494 e. The highest BCUT2D eigenvalue weighted by molar-refractivity contribution is 5.66. The Kier molecular flexibility index (Phi) is 5.55. The first-order valence-corrected chi connectivity index (χ1v) is 8.00. The molecule has 0 N–H and O–H groups in total. The van der Waals surface area contributed by atoms with Crippen LogP contribution in [0.1, 0.15) is 37.5 Å². The summed E-state index contributed by atoms with van der Waals surface area (Å²) in [5.41, 5.74) is 1.81. The molecule has 0 bridgehead atoms. The average molecular weight is 349 g/mol. The molecule has 2 aromatic rings. The monoisotopic (exact) mass is 349 g/mol. The second-order valence-electron chi connectivity index (χ2n) is 6.63. The maximum atomic E-state index is 14.0. The first-order valence-electron chi connectivity index (χ1n) is 8.00. The number of halogens is 3. The molecule has 0 saturated heterocycles. The molecular weight excluding hydrogens is 327 g/mol. The van der Waals surface area contributed by atoms with E-state index >= 15 is 0 Å². The molecule has 0 aliphatic rings. The highest BCUT2D eigenvalue weighted by Crippen LogP contribution is 2.38. The second kappa shape index (κ2) is 7.30. The number of methoxy groups -OCH3 is 1. The molecule has 2 rings (SSSR count). The lowest BCUT2D eigenvalue weighted by Crippen LogP contribution is -2.23. The summed E-state index contributed by atoms with van der Waals surface area (Å²) in [6.07, 6.45) is 1.76. The van der Waals surface area contributed by atoms with E-state index in [4.69, 9.17) is 4.74 Å². The zero-order valence-corrected chi connectivity index (χ0v) is 15.1. The van der Waals surface area contributed by atoms with Crippen molar-refractivity contribution in [1.82, 2.24) is 0 Å². The predicted octanol–water partition coefficient (Wildman–Crippen LogP) is 5.66. The topological polar surface area (TPSA) is 21.6 Å². The molecule has 0 amide bonds. The third-order valence-corrected chi connectivity index (χ3v) is 4.25. The van der Waals surface area contributed by atoms with E-state index in [1.165, 1.54) is 0 Å². The number of rotatable bonds is 5. The second-order valence-corrected chi connectivity index (χ2v) is 6.63. The van der Waals surface area contributed by atoms with E-state index in [-0.39, 0.29) is 12.0 Å². The van der Waals surface area contributed by atoms with Crippen LogP contribution in [0.3, 0.4) is 0 Å². The van der Waals surface area contributed by atoms with Gasteiger partial charge in [0.15, 0.2) is 0 Å². The maximum Gasteiger partial charge on any atom is 0.144 e. The average Bonchev–Trinajstić information content (AvgIpc) is 2.51. The van der Waals surface area contributed by atoms with Crippen LogP contribution in [0.5, 0.6) is 5.75 Å². The molecule has 0 aromatic heterocycles. The summed E-state index contributed by atoms with van der Waals surface area (Å²) >= 11 is 0. The van der Waals surface area contributed by atoms with Crippen molar-refractivity contribution >= 4 is 11.9 Å². The van der Waals surface area contributed by atoms with Gasteiger partial charge < -0.3 is 4.74 Å². The minimum atomic E-state index is -0.920. The summed E-state index contributed by atoms with van der Waals surface area (Å²) in [5.74, 6) is -2.08. The smallest absolute Gasteiger partial charge is 0.144 e. The van der Waals surface area contributed by atoms with Gasteiger partial charge in [0.1, 0.15) is 28.9 Å². The van der Waals surface area contributed by atoms with Gasteiger partial charge in [0.2, 0.25) is 0 Å². The van der Waals surface area contributed by atoms with Crippen molar-refractivity contribution in [2.75, 3.05) is 7.11 Å². The lowest BCUT2D eigenvalue weighted by Gasteiger charge is -2.28. The Hall–Kier alpha value is -2.30. The number of hydrogen-bond donors (Lipinski definition) is 0. The van der Waals surface area contributed by atoms with Crippen LogP contribution in [0.2, 0.25) is 0 Å². The normalized spacial score (nSPS) is 12.0. The summed E-state index contributed by atoms with van der Waals surface area (Å²) < 4.78 is 46.6. The largest absolute Gasteiger partial charge is 0.494 e. The van der Waals surface area contributed by atoms with Gasteiger partial charge in [-0.3, -0.25) is 4.99 Å². The fourth-order valence-corrected chi connectivity index (χ4v) is 3.08. The molecule has 0 atom stereocenters. The predicted molar refractivity (Wildman–Crippen MR) is 94.6 cm³/mol. The van der Waals surface area contributed by atoms with Crippen molar-refractivity contribution in [2.45, 2.75) is 39.5 Å². The first-order chi connectivity index (χ1) is 11.7. The van der Waals surface area contributed by atoms with E-state index in [0.717, 1.165) is 11.1 Å². The fourth-order valence-electron chi connectivity index (χ4n) is 3.08. The molecular formula is C20H22F3NO. The summed E-state index contributed by atoms with van der Waals surface area (Å²) in [6.45, 7) is 7.51. The van der Waals surface area contributed by atoms with Crippen molar-refractivity contribution in [3.63, 3.8) is 0 Å². The lowest BCUT2D eigenvalue weighted by atomic mass is 9.77. The fraction of sp³-hybridized carbons (Fsp3) is 0.350. The van der Waals surface area contributed by atoms with E-state index < -0.39 is 22.9 Å². The van der Waals surface area contributed by atoms with Gasteiger partial charge >= 0.3 is 0 Å². The van der Waals surface area contributed by atoms with Gasteiger partial charge in [-0.05, 0) is 48.9 Å². The standard InChI is InChI=1S/C20H22F3NO/c1-6-24-18-7-12(2)15(10-19(18)25-5)20(3,4)11-14-16(22)8-13(21)9-17(14)23/h6-10H,11H2,1-5H3. The minimum absolute atomic E-state index is 0.0886. The number of nitrogens with zero attached hydrogens (tertiary/aromatic N) is 1. The molecule has 25 heavy (non-hydrogen) atoms. The van der Waals surface area contributed by atoms with Crippen LogP contribution >= 0.6 is 0 Å². The van der Waals surface area contributed by atoms with Crippen molar-refractivity contribution in [3.8, 4) is 5.75 Å². The molecule has 0 heterocycles. The lowest BCUT2D eigenvalue weighted by molar-refractivity contribution is 0.411. The number of hydrogen-bond acceptors (Lipinski definition) is 2. The Morgan fingerprint density at radius 3 is 2.20 bits per heavy atom. The van der Waals surface area contributed by atoms with Crippen molar-refractivity contribution in [3.05, 3.63) is 58.4 Å². The van der Waals surface area contributed by atoms with Crippen LogP contribution in [-0.2, 0) is 11.8 Å². The molecule has 5 heteroatoms. The van der Waals surface area contributed by atoms with E-state index in [9.17, 15) is 13.2 Å². The van der Waals surface area contributed by atoms with Gasteiger partial charge in [-0.25, -0.2) is 13.2 Å². The molecule has 0 unspecified atom stereocenters. The van der Waals surface area contributed by atoms with Crippen molar-refractivity contribution in [1.29, 1.82) is 0 Å². The molecule has 0 radical (unpaired) electrons. The SMILES string of the molecule is CC=Nc1cc(C)c(C(C)(C)Cc2c(F)cc(F)cc2F)cc1OC. The first kappa shape index (κ1) is 19.0. The Morgan fingerprint density at radius 1 is 1.08 bits per heavy atom. The summed E-state index contributed by atoms with van der Waals surface area (Å²) in [4.78, 5) is 4.27. The van der Waals surface area contributed by atoms with Crippen LogP contribution in [0.4, 0.5) is 18.9 Å². The highest BCUT2D eigenvalue weighted by Gasteiger charge is 2.28. The molecule has 0 saturated carbocycles. The third kappa shape index (κ3) is 4.03. The highest BCUT2D eigenvalue weighted by atomic mass is 19.1. The summed E-state index contributed by atoms with van der Waals surface area (Å²) in [6, 6.07) is 5.15. The van der Waals surface area contributed by atoms with Gasteiger partial charge in [-0.2, -0.15) is 0 Å². The molecule has 2 nitrogen and oxygen atoms in total. The zero-order chi connectivity index (χ0) is 18.8. The van der Waals surface area contributed by atoms with Gasteiger partial charge in [0.05, 0.1) is 7.11 Å². The Morgan fingerprint density at radius 2 is 1.68 bits per heavy atom. The maximum absolute atomic E-state index is 14.0. The molecule has 0 aliphatic heterocycles. The number of ether oxygens (including phenoxy) is 1. The summed E-state index contributed by atoms with van der Waals surface area (Å²) in [7, 11) is 1.55. The van der Waals surface area contributed by atoms with E-state index in [1.54, 1.807) is 13.3 Å². The number of benzene rings is 2. The number of aliphatic imine (C=N–C) groups is 1. The Balaban J connectivity index is 2.50. The van der Waals surface area contributed by atoms with Crippen LogP contribution in [0.25, 0.3) is 0 Å². The van der Waals surface area contributed by atoms with Gasteiger partial charge in [-0.1, -0.05) is 13.8 Å². The van der Waals surface area contributed by atoms with Crippen molar-refractivity contribution < 1.29 is 17.9 Å². The van der Waals surface area contributed by atoms with Crippen LogP contribution < -0.4 is 4.74 Å². The van der Waals surface area contributed by atoms with E-state index in [2.05, 4.69) is 4.99 Å². The molecule has 0 aliphatic carbocycles. The molecule has 0 spiro atoms. The summed E-state index contributed by atoms with van der Waals surface area (Å²) in [5, 5.41) is 0. The van der Waals surface area contributed by atoms with Crippen LogP contribution in [-0.4, -0.2) is 13.3 Å². The zero-order valence-electron chi connectivity index (χ0n) is 15.1. The third-order valence-electron chi connectivity index (χ3n) is 4.25. The Bertz CT molecular complexity index is 790. The van der Waals surface area contributed by atoms with E-state index in [0.29, 0.717) is 23.6 Å². The van der Waals surface area contributed by atoms with Crippen LogP contribution in [0.15, 0.2) is 29.3 Å². The van der Waals surface area contributed by atoms with Crippen molar-refractivity contribution in [2.24, 2.45) is 4.99 Å². The van der Waals surface area contributed by atoms with E-state index in [1.807, 2.05) is 39.8 Å². The molecule has 0 fully saturated rings. The van der Waals surface area contributed by atoms with Gasteiger partial charge in [0, 0.05) is 23.9 Å². The van der Waals surface area contributed by atoms with Crippen LogP contribution in [0, 0.1) is 24.4 Å². The number of aryl methyl sites for hydroxylation is 1. The molecule has 2 aromatic carbocycles. The molecule has 134 valence electrons. The Labute approximate surface area is 146 Å².